The number of hydrogen-bond donors (Lipinski definition) is 2. The zero-order valence-corrected chi connectivity index (χ0v) is 15.4. The number of carbonyl (C=O) groups excluding carboxylic acids is 2. The molecule has 2 fully saturated rings. The van der Waals surface area contributed by atoms with Crippen LogP contribution < -0.4 is 10.6 Å². The van der Waals surface area contributed by atoms with Crippen LogP contribution in [-0.2, 0) is 9.59 Å². The van der Waals surface area contributed by atoms with Crippen LogP contribution in [0.15, 0.2) is 0 Å². The SMILES string of the molecule is [B][C@@H]1CCCN1C(=S)[C@H](C)NC(=O)[C@@H]1CCCCN1C(=O)CNC. The van der Waals surface area contributed by atoms with Crippen molar-refractivity contribution in [3.05, 3.63) is 0 Å². The lowest BCUT2D eigenvalue weighted by Gasteiger charge is -2.36. The Morgan fingerprint density at radius 2 is 1.92 bits per heavy atom. The van der Waals surface area contributed by atoms with E-state index in [4.69, 9.17) is 20.1 Å². The van der Waals surface area contributed by atoms with Gasteiger partial charge in [-0.15, -0.1) is 0 Å². The smallest absolute Gasteiger partial charge is 0.243 e. The second kappa shape index (κ2) is 8.81. The summed E-state index contributed by atoms with van der Waals surface area (Å²) in [6.07, 6.45) is 4.55. The van der Waals surface area contributed by atoms with E-state index in [-0.39, 0.29) is 30.3 Å². The number of likely N-dealkylation sites (tertiary alicyclic amines) is 2. The van der Waals surface area contributed by atoms with Gasteiger partial charge in [-0.3, -0.25) is 9.59 Å². The first-order chi connectivity index (χ1) is 11.5. The zero-order chi connectivity index (χ0) is 17.7. The maximum Gasteiger partial charge on any atom is 0.243 e. The van der Waals surface area contributed by atoms with Crippen molar-refractivity contribution in [1.29, 1.82) is 0 Å². The van der Waals surface area contributed by atoms with Crippen LogP contribution in [0.3, 0.4) is 0 Å². The lowest BCUT2D eigenvalue weighted by atomic mass is 9.94. The van der Waals surface area contributed by atoms with Gasteiger partial charge in [0.2, 0.25) is 11.8 Å². The highest BCUT2D eigenvalue weighted by Gasteiger charge is 2.33. The summed E-state index contributed by atoms with van der Waals surface area (Å²) in [5, 5.41) is 5.84. The van der Waals surface area contributed by atoms with Crippen LogP contribution in [0.5, 0.6) is 0 Å². The molecule has 2 aliphatic heterocycles. The van der Waals surface area contributed by atoms with Gasteiger partial charge in [-0.25, -0.2) is 0 Å². The van der Waals surface area contributed by atoms with Crippen molar-refractivity contribution in [2.45, 2.75) is 57.1 Å². The molecule has 0 unspecified atom stereocenters. The van der Waals surface area contributed by atoms with E-state index in [1.165, 1.54) is 0 Å². The first kappa shape index (κ1) is 19.2. The van der Waals surface area contributed by atoms with Gasteiger partial charge in [0, 0.05) is 13.1 Å². The molecule has 0 aliphatic carbocycles. The van der Waals surface area contributed by atoms with Crippen LogP contribution in [0.4, 0.5) is 0 Å². The number of nitrogens with one attached hydrogen (secondary N) is 2. The highest BCUT2D eigenvalue weighted by molar-refractivity contribution is 7.80. The minimum Gasteiger partial charge on any atom is -0.370 e. The lowest BCUT2D eigenvalue weighted by Crippen LogP contribution is -2.57. The topological polar surface area (TPSA) is 64.7 Å². The van der Waals surface area contributed by atoms with Crippen LogP contribution >= 0.6 is 12.2 Å². The van der Waals surface area contributed by atoms with Crippen molar-refractivity contribution in [2.75, 3.05) is 26.7 Å². The summed E-state index contributed by atoms with van der Waals surface area (Å²) in [4.78, 5) is 29.3. The average molecular weight is 350 g/mol. The molecule has 0 saturated carbocycles. The van der Waals surface area contributed by atoms with E-state index in [1.54, 1.807) is 11.9 Å². The zero-order valence-electron chi connectivity index (χ0n) is 14.6. The van der Waals surface area contributed by atoms with Gasteiger partial charge in [-0.05, 0) is 52.0 Å². The number of hydrogen-bond acceptors (Lipinski definition) is 4. The second-order valence-corrected chi connectivity index (χ2v) is 7.02. The Labute approximate surface area is 151 Å². The fraction of sp³-hybridized carbons (Fsp3) is 0.812. The number of nitrogens with zero attached hydrogens (tertiary/aromatic N) is 2. The minimum absolute atomic E-state index is 0.0332. The van der Waals surface area contributed by atoms with E-state index in [0.717, 1.165) is 32.2 Å². The van der Waals surface area contributed by atoms with Crippen LogP contribution in [0, 0.1) is 0 Å². The third kappa shape index (κ3) is 4.48. The van der Waals surface area contributed by atoms with Crippen molar-refractivity contribution in [2.24, 2.45) is 0 Å². The van der Waals surface area contributed by atoms with Gasteiger partial charge in [-0.1, -0.05) is 12.2 Å². The molecule has 0 aromatic heterocycles. The Kier molecular flexibility index (Phi) is 7.04. The summed E-state index contributed by atoms with van der Waals surface area (Å²) >= 11 is 5.50. The summed E-state index contributed by atoms with van der Waals surface area (Å²) in [6, 6.07) is -0.670. The quantitative estimate of drug-likeness (QED) is 0.540. The van der Waals surface area contributed by atoms with Gasteiger partial charge in [0.1, 0.15) is 6.04 Å². The molecule has 2 heterocycles. The van der Waals surface area contributed by atoms with Gasteiger partial charge in [-0.2, -0.15) is 0 Å². The number of likely N-dealkylation sites (N-methyl/N-ethyl adjacent to an activating group) is 1. The highest BCUT2D eigenvalue weighted by Crippen LogP contribution is 2.19. The summed E-state index contributed by atoms with van der Waals surface area (Å²) in [5.41, 5.74) is 0. The number of piperidine rings is 1. The molecule has 3 atom stereocenters. The molecule has 0 spiro atoms. The molecule has 6 nitrogen and oxygen atoms in total. The molecule has 8 heteroatoms. The van der Waals surface area contributed by atoms with Crippen molar-refractivity contribution >= 4 is 36.9 Å². The fourth-order valence-corrected chi connectivity index (χ4v) is 3.73. The highest BCUT2D eigenvalue weighted by atomic mass is 32.1. The van der Waals surface area contributed by atoms with E-state index in [1.807, 2.05) is 11.8 Å². The van der Waals surface area contributed by atoms with E-state index < -0.39 is 6.04 Å². The van der Waals surface area contributed by atoms with Crippen LogP contribution in [0.2, 0.25) is 0 Å². The molecular formula is C16H27BN4O2S. The Morgan fingerprint density at radius 3 is 2.54 bits per heavy atom. The van der Waals surface area contributed by atoms with Crippen LogP contribution in [0.1, 0.15) is 39.0 Å². The van der Waals surface area contributed by atoms with E-state index in [0.29, 0.717) is 18.0 Å². The molecule has 2 saturated heterocycles. The number of amides is 2. The summed E-state index contributed by atoms with van der Waals surface area (Å²) in [6.45, 7) is 3.61. The third-order valence-corrected chi connectivity index (χ3v) is 5.35. The molecule has 0 aromatic carbocycles. The largest absolute Gasteiger partial charge is 0.370 e. The number of thiocarbonyl (C=S) groups is 1. The normalized spacial score (nSPS) is 25.4. The molecule has 2 amide bonds. The Bertz CT molecular complexity index is 491. The van der Waals surface area contributed by atoms with Crippen molar-refractivity contribution in [3.63, 3.8) is 0 Å². The Hall–Kier alpha value is -1.15. The number of carbonyl (C=O) groups is 2. The fourth-order valence-electron chi connectivity index (χ4n) is 3.44. The van der Waals surface area contributed by atoms with Crippen molar-refractivity contribution < 1.29 is 9.59 Å². The van der Waals surface area contributed by atoms with Gasteiger partial charge >= 0.3 is 0 Å². The Morgan fingerprint density at radius 1 is 1.21 bits per heavy atom. The van der Waals surface area contributed by atoms with Crippen LogP contribution in [0.25, 0.3) is 0 Å². The van der Waals surface area contributed by atoms with Crippen molar-refractivity contribution in [1.82, 2.24) is 20.4 Å². The predicted octanol–water partition coefficient (Wildman–Crippen LogP) is 0.00940. The summed E-state index contributed by atoms with van der Waals surface area (Å²) in [7, 11) is 7.79. The molecule has 2 N–H and O–H groups in total. The second-order valence-electron chi connectivity index (χ2n) is 6.60. The molecule has 2 aliphatic rings. The van der Waals surface area contributed by atoms with Gasteiger partial charge in [0.05, 0.1) is 25.4 Å². The average Bonchev–Trinajstić information content (AvgIpc) is 3.00. The first-order valence-electron chi connectivity index (χ1n) is 8.76. The molecule has 0 bridgehead atoms. The minimum atomic E-state index is -0.405. The summed E-state index contributed by atoms with van der Waals surface area (Å²) in [5.74, 6) is -0.212. The monoisotopic (exact) mass is 350 g/mol. The van der Waals surface area contributed by atoms with E-state index >= 15 is 0 Å². The first-order valence-corrected chi connectivity index (χ1v) is 9.17. The maximum atomic E-state index is 12.7. The standard InChI is InChI=1S/C16H27BN4O2S/c1-11(16(24)21-9-5-7-13(21)17)19-15(23)12-6-3-4-8-20(12)14(22)10-18-2/h11-13,18H,3-10H2,1-2H3,(H,19,23)/t11-,12-,13-/m0/s1. The van der Waals surface area contributed by atoms with Gasteiger partial charge in [0.15, 0.2) is 0 Å². The van der Waals surface area contributed by atoms with Gasteiger partial charge < -0.3 is 20.4 Å². The Balaban J connectivity index is 1.96. The maximum absolute atomic E-state index is 12.7. The lowest BCUT2D eigenvalue weighted by molar-refractivity contribution is -0.141. The van der Waals surface area contributed by atoms with E-state index in [2.05, 4.69) is 10.6 Å². The summed E-state index contributed by atoms with van der Waals surface area (Å²) < 4.78 is 0. The molecule has 132 valence electrons. The van der Waals surface area contributed by atoms with Crippen LogP contribution in [-0.4, -0.2) is 79.2 Å². The molecule has 2 rings (SSSR count). The third-order valence-electron chi connectivity index (χ3n) is 4.77. The van der Waals surface area contributed by atoms with Crippen molar-refractivity contribution in [3.8, 4) is 0 Å². The molecule has 2 radical (unpaired) electrons. The van der Waals surface area contributed by atoms with Gasteiger partial charge in [0.25, 0.3) is 0 Å². The predicted molar refractivity (Wildman–Crippen MR) is 99.0 cm³/mol. The molecular weight excluding hydrogens is 323 g/mol. The molecule has 0 aromatic rings. The van der Waals surface area contributed by atoms with E-state index in [9.17, 15) is 9.59 Å². The number of rotatable bonds is 5. The molecule has 24 heavy (non-hydrogen) atoms.